The van der Waals surface area contributed by atoms with Crippen LogP contribution in [0.5, 0.6) is 5.88 Å². The largest absolute Gasteiger partial charge is 0.472 e. The van der Waals surface area contributed by atoms with E-state index in [0.29, 0.717) is 5.56 Å². The third-order valence-corrected chi connectivity index (χ3v) is 6.00. The molecule has 0 unspecified atom stereocenters. The number of hydrogen-bond donors (Lipinski definition) is 2. The summed E-state index contributed by atoms with van der Waals surface area (Å²) in [5.41, 5.74) is 0.487. The fourth-order valence-corrected chi connectivity index (χ4v) is 3.77. The molecule has 2 aromatic rings. The van der Waals surface area contributed by atoms with Gasteiger partial charge in [0.2, 0.25) is 5.88 Å². The van der Waals surface area contributed by atoms with Gasteiger partial charge in [0.05, 0.1) is 24.9 Å². The molecule has 0 fully saturated rings. The van der Waals surface area contributed by atoms with Gasteiger partial charge in [-0.3, -0.25) is 4.79 Å². The van der Waals surface area contributed by atoms with Gasteiger partial charge in [-0.15, -0.1) is 0 Å². The Hall–Kier alpha value is -3.71. The van der Waals surface area contributed by atoms with E-state index in [4.69, 9.17) is 4.74 Å². The molecule has 0 aliphatic carbocycles. The third kappa shape index (κ3) is 6.95. The van der Waals surface area contributed by atoms with Crippen LogP contribution in [0.4, 0.5) is 19.3 Å². The highest BCUT2D eigenvalue weighted by Gasteiger charge is 2.34. The highest BCUT2D eigenvalue weighted by Crippen LogP contribution is 2.27. The van der Waals surface area contributed by atoms with Crippen molar-refractivity contribution in [3.63, 3.8) is 0 Å². The van der Waals surface area contributed by atoms with Crippen molar-refractivity contribution in [3.05, 3.63) is 53.2 Å². The lowest BCUT2D eigenvalue weighted by Gasteiger charge is -2.37. The first kappa shape index (κ1) is 27.9. The van der Waals surface area contributed by atoms with Crippen LogP contribution in [0.3, 0.4) is 0 Å². The number of fused-ring (bicyclic) bond motifs is 1. The monoisotopic (exact) mass is 514 g/mol. The van der Waals surface area contributed by atoms with E-state index < -0.39 is 29.8 Å². The first-order valence-electron chi connectivity index (χ1n) is 12.1. The minimum atomic E-state index is -0.764. The molecule has 0 saturated heterocycles. The summed E-state index contributed by atoms with van der Waals surface area (Å²) in [5.74, 6) is 4.22. The van der Waals surface area contributed by atoms with Gasteiger partial charge in [-0.2, -0.15) is 0 Å². The molecule has 1 aliphatic rings. The molecule has 8 nitrogen and oxygen atoms in total. The Morgan fingerprint density at radius 1 is 1.32 bits per heavy atom. The molecule has 3 rings (SSSR count). The van der Waals surface area contributed by atoms with E-state index in [9.17, 15) is 23.5 Å². The SMILES string of the molecule is CC(C)C#Cc1cnc2c(c1)C(=O)N([C@@H](C)CO)C[C@H](C)[C@@H](CN(C)C(=O)Nc1cc(F)ccc1F)O2. The number of benzene rings is 1. The molecule has 1 aliphatic heterocycles. The van der Waals surface area contributed by atoms with Gasteiger partial charge in [-0.1, -0.05) is 32.6 Å². The Labute approximate surface area is 215 Å². The fourth-order valence-electron chi connectivity index (χ4n) is 3.77. The van der Waals surface area contributed by atoms with Crippen LogP contribution < -0.4 is 10.1 Å². The fraction of sp³-hybridized carbons (Fsp3) is 0.444. The number of aliphatic hydroxyl groups excluding tert-OH is 1. The number of hydrogen-bond acceptors (Lipinski definition) is 5. The summed E-state index contributed by atoms with van der Waals surface area (Å²) >= 11 is 0. The first-order valence-corrected chi connectivity index (χ1v) is 12.1. The molecule has 0 spiro atoms. The quantitative estimate of drug-likeness (QED) is 0.593. The zero-order valence-electron chi connectivity index (χ0n) is 21.6. The van der Waals surface area contributed by atoms with E-state index in [2.05, 4.69) is 22.1 Å². The van der Waals surface area contributed by atoms with Crippen LogP contribution in [0, 0.1) is 35.3 Å². The molecule has 0 saturated carbocycles. The van der Waals surface area contributed by atoms with Gasteiger partial charge in [-0.05, 0) is 25.1 Å². The van der Waals surface area contributed by atoms with E-state index in [1.165, 1.54) is 18.1 Å². The van der Waals surface area contributed by atoms with Gasteiger partial charge in [-0.25, -0.2) is 18.6 Å². The smallest absolute Gasteiger partial charge is 0.321 e. The number of carbonyl (C=O) groups is 2. The summed E-state index contributed by atoms with van der Waals surface area (Å²) < 4.78 is 33.7. The number of rotatable bonds is 5. The zero-order chi connectivity index (χ0) is 27.3. The van der Waals surface area contributed by atoms with Gasteiger partial charge < -0.3 is 25.0 Å². The summed E-state index contributed by atoms with van der Waals surface area (Å²) in [6, 6.07) is 3.28. The number of halogens is 2. The number of ether oxygens (including phenoxy) is 1. The van der Waals surface area contributed by atoms with Crippen molar-refractivity contribution < 1.29 is 28.2 Å². The van der Waals surface area contributed by atoms with E-state index in [1.807, 2.05) is 20.8 Å². The van der Waals surface area contributed by atoms with Crippen LogP contribution in [0.2, 0.25) is 0 Å². The molecular formula is C27H32F2N4O4. The summed E-state index contributed by atoms with van der Waals surface area (Å²) in [6.45, 7) is 7.59. The number of aliphatic hydroxyl groups is 1. The summed E-state index contributed by atoms with van der Waals surface area (Å²) in [6.07, 6.45) is 0.918. The van der Waals surface area contributed by atoms with E-state index in [1.54, 1.807) is 17.9 Å². The van der Waals surface area contributed by atoms with Crippen molar-refractivity contribution in [1.82, 2.24) is 14.8 Å². The molecule has 37 heavy (non-hydrogen) atoms. The lowest BCUT2D eigenvalue weighted by Crippen LogP contribution is -2.50. The van der Waals surface area contributed by atoms with Crippen molar-refractivity contribution >= 4 is 17.6 Å². The van der Waals surface area contributed by atoms with Crippen molar-refractivity contribution in [2.24, 2.45) is 11.8 Å². The number of pyridine rings is 1. The lowest BCUT2D eigenvalue weighted by atomic mass is 10.00. The highest BCUT2D eigenvalue weighted by atomic mass is 19.1. The Bertz CT molecular complexity index is 1210. The standard InChI is InChI=1S/C27H32F2N4O4/c1-16(2)6-7-19-10-21-25(30-12-19)37-24(17(3)13-33(26(21)35)18(4)15-34)14-32(5)27(36)31-23-11-20(28)8-9-22(23)29/h8-12,16-18,24,34H,13-15H2,1-5H3,(H,31,36)/t17-,18-,24+/m0/s1. The lowest BCUT2D eigenvalue weighted by molar-refractivity contribution is 0.0356. The van der Waals surface area contributed by atoms with Crippen molar-refractivity contribution in [2.75, 3.05) is 32.1 Å². The molecule has 3 atom stereocenters. The van der Waals surface area contributed by atoms with Crippen LogP contribution in [-0.2, 0) is 0 Å². The number of urea groups is 1. The van der Waals surface area contributed by atoms with E-state index in [0.717, 1.165) is 18.2 Å². The Kier molecular flexibility index (Phi) is 9.05. The van der Waals surface area contributed by atoms with Crippen LogP contribution in [-0.4, -0.2) is 70.7 Å². The van der Waals surface area contributed by atoms with Crippen molar-refractivity contribution in [3.8, 4) is 17.7 Å². The van der Waals surface area contributed by atoms with E-state index in [-0.39, 0.29) is 54.6 Å². The zero-order valence-corrected chi connectivity index (χ0v) is 21.6. The summed E-state index contributed by atoms with van der Waals surface area (Å²) in [5, 5.41) is 12.1. The predicted octanol–water partition coefficient (Wildman–Crippen LogP) is 3.75. The summed E-state index contributed by atoms with van der Waals surface area (Å²) in [7, 11) is 1.50. The second-order valence-electron chi connectivity index (χ2n) is 9.56. The number of nitrogens with zero attached hydrogens (tertiary/aromatic N) is 3. The maximum Gasteiger partial charge on any atom is 0.321 e. The summed E-state index contributed by atoms with van der Waals surface area (Å²) in [4.78, 5) is 33.4. The van der Waals surface area contributed by atoms with Gasteiger partial charge in [0.1, 0.15) is 23.3 Å². The van der Waals surface area contributed by atoms with Crippen LogP contribution in [0.15, 0.2) is 30.5 Å². The molecule has 3 amide bonds. The van der Waals surface area contributed by atoms with Gasteiger partial charge in [0.25, 0.3) is 5.91 Å². The minimum absolute atomic E-state index is 0.0650. The number of amides is 3. The Morgan fingerprint density at radius 3 is 2.73 bits per heavy atom. The third-order valence-electron chi connectivity index (χ3n) is 6.00. The number of carbonyl (C=O) groups excluding carboxylic acids is 2. The van der Waals surface area contributed by atoms with Gasteiger partial charge in [0.15, 0.2) is 0 Å². The first-order chi connectivity index (χ1) is 17.5. The molecule has 2 N–H and O–H groups in total. The number of nitrogens with one attached hydrogen (secondary N) is 1. The average molecular weight is 515 g/mol. The van der Waals surface area contributed by atoms with Crippen LogP contribution in [0.1, 0.15) is 43.6 Å². The molecule has 1 aromatic heterocycles. The maximum absolute atomic E-state index is 14.0. The number of aromatic nitrogens is 1. The maximum atomic E-state index is 14.0. The van der Waals surface area contributed by atoms with Crippen LogP contribution >= 0.6 is 0 Å². The molecule has 0 bridgehead atoms. The molecule has 2 heterocycles. The highest BCUT2D eigenvalue weighted by molar-refractivity contribution is 5.97. The number of likely N-dealkylation sites (N-methyl/N-ethyl adjacent to an activating group) is 1. The molecule has 10 heteroatoms. The van der Waals surface area contributed by atoms with E-state index >= 15 is 0 Å². The average Bonchev–Trinajstić information content (AvgIpc) is 2.86. The minimum Gasteiger partial charge on any atom is -0.472 e. The second kappa shape index (κ2) is 12.0. The predicted molar refractivity (Wildman–Crippen MR) is 135 cm³/mol. The van der Waals surface area contributed by atoms with Gasteiger partial charge >= 0.3 is 6.03 Å². The molecule has 1 aromatic carbocycles. The number of anilines is 1. The van der Waals surface area contributed by atoms with Crippen LogP contribution in [0.25, 0.3) is 0 Å². The topological polar surface area (TPSA) is 95.0 Å². The molecule has 198 valence electrons. The van der Waals surface area contributed by atoms with Crippen molar-refractivity contribution in [2.45, 2.75) is 39.8 Å². The molecule has 0 radical (unpaired) electrons. The Morgan fingerprint density at radius 2 is 2.05 bits per heavy atom. The second-order valence-corrected chi connectivity index (χ2v) is 9.56. The Balaban J connectivity index is 1.89. The molecular weight excluding hydrogens is 482 g/mol. The normalized spacial score (nSPS) is 18.1. The van der Waals surface area contributed by atoms with Crippen molar-refractivity contribution in [1.29, 1.82) is 0 Å². The van der Waals surface area contributed by atoms with Gasteiger partial charge in [0, 0.05) is 43.3 Å².